The molecule has 1 heterocycles. The first-order valence-electron chi connectivity index (χ1n) is 5.70. The molecule has 0 aliphatic rings. The van der Waals surface area contributed by atoms with Crippen LogP contribution in [0.5, 0.6) is 0 Å². The Kier molecular flexibility index (Phi) is 2.99. The van der Waals surface area contributed by atoms with E-state index in [0.29, 0.717) is 0 Å². The summed E-state index contributed by atoms with van der Waals surface area (Å²) in [6.07, 6.45) is 1.88. The van der Waals surface area contributed by atoms with E-state index in [1.807, 2.05) is 42.6 Å². The van der Waals surface area contributed by atoms with Gasteiger partial charge in [0, 0.05) is 11.3 Å². The highest BCUT2D eigenvalue weighted by atomic mass is 79.9. The van der Waals surface area contributed by atoms with E-state index in [9.17, 15) is 0 Å². The number of hydrogen-bond donors (Lipinski definition) is 0. The van der Waals surface area contributed by atoms with Gasteiger partial charge in [0.1, 0.15) is 0 Å². The van der Waals surface area contributed by atoms with Crippen LogP contribution in [0.4, 0.5) is 0 Å². The summed E-state index contributed by atoms with van der Waals surface area (Å²) in [6.45, 7) is 0. The van der Waals surface area contributed by atoms with Crippen molar-refractivity contribution < 1.29 is 0 Å². The third kappa shape index (κ3) is 1.97. The maximum Gasteiger partial charge on any atom is 0.182 e. The van der Waals surface area contributed by atoms with Crippen LogP contribution in [0, 0.1) is 0 Å². The van der Waals surface area contributed by atoms with Crippen LogP contribution in [-0.2, 0) is 0 Å². The zero-order valence-corrected chi connectivity index (χ0v) is 11.2. The number of imidazole rings is 1. The summed E-state index contributed by atoms with van der Waals surface area (Å²) in [6, 6.07) is 20.5. The maximum absolute atomic E-state index is 4.35. The van der Waals surface area contributed by atoms with Crippen LogP contribution in [0.1, 0.15) is 0 Å². The Balaban J connectivity index is 2.19. The molecule has 0 spiro atoms. The van der Waals surface area contributed by atoms with E-state index in [0.717, 1.165) is 21.7 Å². The first kappa shape index (κ1) is 11.2. The molecule has 2 aromatic carbocycles. The number of benzene rings is 2. The number of nitrogens with zero attached hydrogens (tertiary/aromatic N) is 2. The molecule has 3 aromatic rings. The molecule has 2 nitrogen and oxygen atoms in total. The van der Waals surface area contributed by atoms with Gasteiger partial charge in [0.15, 0.2) is 4.73 Å². The molecule has 18 heavy (non-hydrogen) atoms. The molecule has 0 atom stereocenters. The molecule has 0 radical (unpaired) electrons. The second-order valence-electron chi connectivity index (χ2n) is 3.95. The topological polar surface area (TPSA) is 17.8 Å². The average Bonchev–Trinajstić information content (AvgIpc) is 2.83. The third-order valence-corrected chi connectivity index (χ3v) is 3.36. The second-order valence-corrected chi connectivity index (χ2v) is 4.66. The third-order valence-electron chi connectivity index (χ3n) is 2.80. The van der Waals surface area contributed by atoms with Crippen molar-refractivity contribution in [3.63, 3.8) is 0 Å². The lowest BCUT2D eigenvalue weighted by Crippen LogP contribution is -1.96. The van der Waals surface area contributed by atoms with Crippen molar-refractivity contribution in [2.75, 3.05) is 0 Å². The molecule has 1 aromatic heterocycles. The van der Waals surface area contributed by atoms with E-state index >= 15 is 0 Å². The zero-order chi connectivity index (χ0) is 12.4. The fourth-order valence-corrected chi connectivity index (χ4v) is 2.46. The molecule has 0 amide bonds. The lowest BCUT2D eigenvalue weighted by Gasteiger charge is -2.09. The Morgan fingerprint density at radius 3 is 2.11 bits per heavy atom. The van der Waals surface area contributed by atoms with Crippen LogP contribution in [-0.4, -0.2) is 9.55 Å². The first-order chi connectivity index (χ1) is 8.86. The summed E-state index contributed by atoms with van der Waals surface area (Å²) in [5.74, 6) is 0. The van der Waals surface area contributed by atoms with Crippen LogP contribution in [0.15, 0.2) is 71.6 Å². The summed E-state index contributed by atoms with van der Waals surface area (Å²) < 4.78 is 2.91. The maximum atomic E-state index is 4.35. The Morgan fingerprint density at radius 1 is 0.833 bits per heavy atom. The summed E-state index contributed by atoms with van der Waals surface area (Å²) in [7, 11) is 0. The first-order valence-corrected chi connectivity index (χ1v) is 6.49. The van der Waals surface area contributed by atoms with Gasteiger partial charge >= 0.3 is 0 Å². The van der Waals surface area contributed by atoms with Crippen molar-refractivity contribution in [2.45, 2.75) is 0 Å². The minimum atomic E-state index is 0.813. The molecule has 0 aliphatic carbocycles. The summed E-state index contributed by atoms with van der Waals surface area (Å²) >= 11 is 3.50. The number of hydrogen-bond acceptors (Lipinski definition) is 1. The minimum Gasteiger partial charge on any atom is -0.287 e. The SMILES string of the molecule is Brc1ncc(-c2ccccc2)n1-c1ccccc1. The quantitative estimate of drug-likeness (QED) is 0.690. The van der Waals surface area contributed by atoms with Gasteiger partial charge in [-0.1, -0.05) is 48.5 Å². The van der Waals surface area contributed by atoms with Gasteiger partial charge in [-0.2, -0.15) is 0 Å². The second kappa shape index (κ2) is 4.78. The largest absolute Gasteiger partial charge is 0.287 e. The number of rotatable bonds is 2. The van der Waals surface area contributed by atoms with Crippen molar-refractivity contribution in [1.29, 1.82) is 0 Å². The van der Waals surface area contributed by atoms with Crippen molar-refractivity contribution in [3.8, 4) is 16.9 Å². The smallest absolute Gasteiger partial charge is 0.182 e. The molecule has 3 rings (SSSR count). The monoisotopic (exact) mass is 298 g/mol. The van der Waals surface area contributed by atoms with Crippen molar-refractivity contribution in [3.05, 3.63) is 71.6 Å². The molecule has 0 fully saturated rings. The minimum absolute atomic E-state index is 0.813. The van der Waals surface area contributed by atoms with Gasteiger partial charge in [-0.25, -0.2) is 4.98 Å². The van der Waals surface area contributed by atoms with E-state index in [1.165, 1.54) is 0 Å². The molecule has 88 valence electrons. The Labute approximate surface area is 114 Å². The van der Waals surface area contributed by atoms with E-state index in [4.69, 9.17) is 0 Å². The van der Waals surface area contributed by atoms with E-state index in [-0.39, 0.29) is 0 Å². The van der Waals surface area contributed by atoms with Crippen molar-refractivity contribution in [2.24, 2.45) is 0 Å². The van der Waals surface area contributed by atoms with Gasteiger partial charge in [-0.3, -0.25) is 4.57 Å². The van der Waals surface area contributed by atoms with Crippen LogP contribution in [0.25, 0.3) is 16.9 Å². The van der Waals surface area contributed by atoms with Gasteiger partial charge < -0.3 is 0 Å². The molecule has 0 unspecified atom stereocenters. The normalized spacial score (nSPS) is 10.5. The molecule has 0 aliphatic heterocycles. The fourth-order valence-electron chi connectivity index (χ4n) is 1.96. The van der Waals surface area contributed by atoms with E-state index in [2.05, 4.69) is 49.7 Å². The average molecular weight is 299 g/mol. The van der Waals surface area contributed by atoms with Crippen LogP contribution in [0.2, 0.25) is 0 Å². The summed E-state index contributed by atoms with van der Waals surface area (Å²) in [5.41, 5.74) is 3.33. The number of para-hydroxylation sites is 1. The highest BCUT2D eigenvalue weighted by Gasteiger charge is 2.10. The van der Waals surface area contributed by atoms with Crippen LogP contribution in [0.3, 0.4) is 0 Å². The van der Waals surface area contributed by atoms with Gasteiger partial charge in [0.25, 0.3) is 0 Å². The fraction of sp³-hybridized carbons (Fsp3) is 0. The van der Waals surface area contributed by atoms with Gasteiger partial charge in [-0.15, -0.1) is 0 Å². The Hall–Kier alpha value is -1.87. The predicted octanol–water partition coefficient (Wildman–Crippen LogP) is 4.30. The lowest BCUT2D eigenvalue weighted by molar-refractivity contribution is 1.02. The van der Waals surface area contributed by atoms with Crippen LogP contribution < -0.4 is 0 Å². The molecule has 0 saturated carbocycles. The van der Waals surface area contributed by atoms with Crippen molar-refractivity contribution in [1.82, 2.24) is 9.55 Å². The highest BCUT2D eigenvalue weighted by molar-refractivity contribution is 9.10. The van der Waals surface area contributed by atoms with Gasteiger partial charge in [0.05, 0.1) is 11.9 Å². The summed E-state index contributed by atoms with van der Waals surface area (Å²) in [5, 5.41) is 0. The van der Waals surface area contributed by atoms with E-state index < -0.39 is 0 Å². The zero-order valence-electron chi connectivity index (χ0n) is 9.62. The van der Waals surface area contributed by atoms with Crippen molar-refractivity contribution >= 4 is 15.9 Å². The lowest BCUT2D eigenvalue weighted by atomic mass is 10.1. The molecule has 0 N–H and O–H groups in total. The highest BCUT2D eigenvalue weighted by Crippen LogP contribution is 2.26. The summed E-state index contributed by atoms with van der Waals surface area (Å²) in [4.78, 5) is 4.35. The molecule has 0 saturated heterocycles. The van der Waals surface area contributed by atoms with Gasteiger partial charge in [-0.05, 0) is 28.1 Å². The van der Waals surface area contributed by atoms with E-state index in [1.54, 1.807) is 0 Å². The molecular weight excluding hydrogens is 288 g/mol. The Morgan fingerprint density at radius 2 is 1.44 bits per heavy atom. The Bertz CT molecular complexity index is 645. The number of halogens is 1. The molecule has 3 heteroatoms. The molecular formula is C15H11BrN2. The predicted molar refractivity (Wildman–Crippen MR) is 76.7 cm³/mol. The van der Waals surface area contributed by atoms with Gasteiger partial charge in [0.2, 0.25) is 0 Å². The van der Waals surface area contributed by atoms with Crippen LogP contribution >= 0.6 is 15.9 Å². The standard InChI is InChI=1S/C15H11BrN2/c16-15-17-11-14(12-7-3-1-4-8-12)18(15)13-9-5-2-6-10-13/h1-11H. The molecule has 0 bridgehead atoms. The number of aromatic nitrogens is 2.